The molecule has 1 heterocycles. The van der Waals surface area contributed by atoms with E-state index < -0.39 is 0 Å². The second-order valence-electron chi connectivity index (χ2n) is 6.60. The van der Waals surface area contributed by atoms with Gasteiger partial charge in [-0.15, -0.1) is 0 Å². The maximum atomic E-state index is 12.5. The highest BCUT2D eigenvalue weighted by atomic mass is 16.1. The van der Waals surface area contributed by atoms with E-state index in [0.29, 0.717) is 11.6 Å². The second kappa shape index (κ2) is 8.60. The number of amides is 1. The summed E-state index contributed by atoms with van der Waals surface area (Å²) in [6, 6.07) is 10.1. The number of hydrogen-bond donors (Lipinski definition) is 2. The first-order valence-corrected chi connectivity index (χ1v) is 9.24. The molecule has 1 aromatic heterocycles. The van der Waals surface area contributed by atoms with Gasteiger partial charge in [-0.3, -0.25) is 4.79 Å². The lowest BCUT2D eigenvalue weighted by Gasteiger charge is -2.16. The fourth-order valence-corrected chi connectivity index (χ4v) is 3.18. The highest BCUT2D eigenvalue weighted by molar-refractivity contribution is 5.92. The maximum Gasteiger partial charge on any atom is 0.270 e. The first kappa shape index (κ1) is 17.4. The van der Waals surface area contributed by atoms with Crippen molar-refractivity contribution in [2.24, 2.45) is 0 Å². The van der Waals surface area contributed by atoms with Crippen molar-refractivity contribution in [2.75, 3.05) is 5.32 Å². The summed E-state index contributed by atoms with van der Waals surface area (Å²) < 4.78 is 0. The smallest absolute Gasteiger partial charge is 0.270 e. The molecule has 2 aromatic rings. The molecule has 5 heteroatoms. The lowest BCUT2D eigenvalue weighted by Crippen LogP contribution is -2.35. The van der Waals surface area contributed by atoms with Gasteiger partial charge in [0.15, 0.2) is 0 Å². The Morgan fingerprint density at radius 1 is 1.08 bits per heavy atom. The predicted octanol–water partition coefficient (Wildman–Crippen LogP) is 4.24. The Balaban J connectivity index is 1.64. The topological polar surface area (TPSA) is 66.9 Å². The molecule has 1 aliphatic rings. The number of nitrogens with one attached hydrogen (secondary N) is 2. The second-order valence-corrected chi connectivity index (χ2v) is 6.60. The van der Waals surface area contributed by atoms with E-state index >= 15 is 0 Å². The van der Waals surface area contributed by atoms with E-state index in [1.807, 2.05) is 12.1 Å². The van der Waals surface area contributed by atoms with Crippen molar-refractivity contribution in [2.45, 2.75) is 57.9 Å². The summed E-state index contributed by atoms with van der Waals surface area (Å²) in [6.45, 7) is 2.13. The SMILES string of the molecule is CCc1ccc(Nc2nccc(C(=O)NC3CCCCCC3)n2)cc1. The Morgan fingerprint density at radius 3 is 2.48 bits per heavy atom. The number of hydrogen-bond acceptors (Lipinski definition) is 4. The van der Waals surface area contributed by atoms with Gasteiger partial charge in [0.2, 0.25) is 5.95 Å². The zero-order valence-corrected chi connectivity index (χ0v) is 14.8. The molecule has 0 spiro atoms. The summed E-state index contributed by atoms with van der Waals surface area (Å²) in [4.78, 5) is 21.1. The third-order valence-corrected chi connectivity index (χ3v) is 4.70. The molecule has 1 aromatic carbocycles. The molecule has 0 radical (unpaired) electrons. The Kier molecular flexibility index (Phi) is 5.99. The van der Waals surface area contributed by atoms with Crippen LogP contribution in [-0.4, -0.2) is 21.9 Å². The lowest BCUT2D eigenvalue weighted by atomic mass is 10.1. The van der Waals surface area contributed by atoms with Gasteiger partial charge >= 0.3 is 0 Å². The highest BCUT2D eigenvalue weighted by Gasteiger charge is 2.17. The number of benzene rings is 1. The van der Waals surface area contributed by atoms with E-state index in [4.69, 9.17) is 0 Å². The van der Waals surface area contributed by atoms with Crippen LogP contribution < -0.4 is 10.6 Å². The molecule has 2 N–H and O–H groups in total. The van der Waals surface area contributed by atoms with Gasteiger partial charge in [0.25, 0.3) is 5.91 Å². The number of anilines is 2. The Morgan fingerprint density at radius 2 is 1.80 bits per heavy atom. The third-order valence-electron chi connectivity index (χ3n) is 4.70. The van der Waals surface area contributed by atoms with E-state index in [1.165, 1.54) is 31.2 Å². The summed E-state index contributed by atoms with van der Waals surface area (Å²) in [5, 5.41) is 6.29. The van der Waals surface area contributed by atoms with Crippen LogP contribution in [0.4, 0.5) is 11.6 Å². The van der Waals surface area contributed by atoms with Gasteiger partial charge in [-0.25, -0.2) is 9.97 Å². The van der Waals surface area contributed by atoms with Crippen LogP contribution in [0.5, 0.6) is 0 Å². The summed E-state index contributed by atoms with van der Waals surface area (Å²) in [5.74, 6) is 0.330. The summed E-state index contributed by atoms with van der Waals surface area (Å²) in [7, 11) is 0. The van der Waals surface area contributed by atoms with E-state index in [2.05, 4.69) is 39.7 Å². The zero-order chi connectivity index (χ0) is 17.5. The van der Waals surface area contributed by atoms with E-state index in [0.717, 1.165) is 24.9 Å². The largest absolute Gasteiger partial charge is 0.348 e. The van der Waals surface area contributed by atoms with Crippen molar-refractivity contribution in [1.29, 1.82) is 0 Å². The minimum atomic E-state index is -0.112. The summed E-state index contributed by atoms with van der Waals surface area (Å²) in [5.41, 5.74) is 2.61. The van der Waals surface area contributed by atoms with Crippen molar-refractivity contribution in [3.63, 3.8) is 0 Å². The van der Waals surface area contributed by atoms with Gasteiger partial charge in [-0.1, -0.05) is 44.7 Å². The van der Waals surface area contributed by atoms with Crippen LogP contribution >= 0.6 is 0 Å². The van der Waals surface area contributed by atoms with Crippen LogP contribution in [0.3, 0.4) is 0 Å². The molecule has 5 nitrogen and oxygen atoms in total. The minimum absolute atomic E-state index is 0.112. The van der Waals surface area contributed by atoms with E-state index in [9.17, 15) is 4.79 Å². The van der Waals surface area contributed by atoms with E-state index in [-0.39, 0.29) is 11.9 Å². The maximum absolute atomic E-state index is 12.5. The number of aryl methyl sites for hydroxylation is 1. The van der Waals surface area contributed by atoms with Crippen molar-refractivity contribution >= 4 is 17.5 Å². The van der Waals surface area contributed by atoms with Gasteiger partial charge in [-0.05, 0) is 43.0 Å². The van der Waals surface area contributed by atoms with E-state index in [1.54, 1.807) is 12.3 Å². The van der Waals surface area contributed by atoms with Crippen LogP contribution in [-0.2, 0) is 6.42 Å². The minimum Gasteiger partial charge on any atom is -0.348 e. The van der Waals surface area contributed by atoms with Gasteiger partial charge in [0.1, 0.15) is 5.69 Å². The van der Waals surface area contributed by atoms with Gasteiger partial charge in [0.05, 0.1) is 0 Å². The predicted molar refractivity (Wildman–Crippen MR) is 100 cm³/mol. The number of nitrogens with zero attached hydrogens (tertiary/aromatic N) is 2. The molecule has 25 heavy (non-hydrogen) atoms. The Labute approximate surface area is 149 Å². The molecule has 0 bridgehead atoms. The molecule has 0 saturated heterocycles. The molecule has 1 amide bonds. The van der Waals surface area contributed by atoms with Crippen LogP contribution in [0.2, 0.25) is 0 Å². The van der Waals surface area contributed by atoms with Crippen molar-refractivity contribution in [3.8, 4) is 0 Å². The van der Waals surface area contributed by atoms with Crippen LogP contribution in [0.15, 0.2) is 36.5 Å². The molecule has 0 aliphatic heterocycles. The fourth-order valence-electron chi connectivity index (χ4n) is 3.18. The zero-order valence-electron chi connectivity index (χ0n) is 14.8. The van der Waals surface area contributed by atoms with Gasteiger partial charge in [-0.2, -0.15) is 0 Å². The molecular formula is C20H26N4O. The average Bonchev–Trinajstić information content (AvgIpc) is 2.91. The van der Waals surface area contributed by atoms with Crippen molar-refractivity contribution < 1.29 is 4.79 Å². The number of aromatic nitrogens is 2. The van der Waals surface area contributed by atoms with Gasteiger partial charge in [0, 0.05) is 17.9 Å². The molecule has 132 valence electrons. The average molecular weight is 338 g/mol. The number of carbonyl (C=O) groups is 1. The Hall–Kier alpha value is -2.43. The molecule has 3 rings (SSSR count). The fraction of sp³-hybridized carbons (Fsp3) is 0.450. The number of rotatable bonds is 5. The number of carbonyl (C=O) groups excluding carboxylic acids is 1. The van der Waals surface area contributed by atoms with Crippen LogP contribution in [0, 0.1) is 0 Å². The molecule has 1 aliphatic carbocycles. The lowest BCUT2D eigenvalue weighted by molar-refractivity contribution is 0.0928. The highest BCUT2D eigenvalue weighted by Crippen LogP contribution is 2.18. The van der Waals surface area contributed by atoms with Crippen molar-refractivity contribution in [3.05, 3.63) is 47.8 Å². The normalized spacial score (nSPS) is 15.4. The molecule has 1 saturated carbocycles. The standard InChI is InChI=1S/C20H26N4O/c1-2-15-9-11-17(12-10-15)23-20-21-14-13-18(24-20)19(25)22-16-7-5-3-4-6-8-16/h9-14,16H,2-8H2,1H3,(H,22,25)(H,21,23,24). The summed E-state index contributed by atoms with van der Waals surface area (Å²) in [6.07, 6.45) is 9.67. The first-order valence-electron chi connectivity index (χ1n) is 9.24. The Bertz CT molecular complexity index is 691. The molecule has 1 fully saturated rings. The third kappa shape index (κ3) is 5.02. The van der Waals surface area contributed by atoms with Crippen molar-refractivity contribution in [1.82, 2.24) is 15.3 Å². The van der Waals surface area contributed by atoms with Crippen LogP contribution in [0.25, 0.3) is 0 Å². The first-order chi connectivity index (χ1) is 12.2. The summed E-state index contributed by atoms with van der Waals surface area (Å²) >= 11 is 0. The van der Waals surface area contributed by atoms with Crippen LogP contribution in [0.1, 0.15) is 61.5 Å². The molecule has 0 unspecified atom stereocenters. The molecule has 0 atom stereocenters. The molecular weight excluding hydrogens is 312 g/mol. The monoisotopic (exact) mass is 338 g/mol. The quantitative estimate of drug-likeness (QED) is 0.801. The van der Waals surface area contributed by atoms with Gasteiger partial charge < -0.3 is 10.6 Å².